The largest absolute Gasteiger partial charge is 0.416 e. The molecule has 0 saturated carbocycles. The van der Waals surface area contributed by atoms with Crippen molar-refractivity contribution in [2.45, 2.75) is 18.8 Å². The number of halogens is 3. The van der Waals surface area contributed by atoms with E-state index in [-0.39, 0.29) is 6.54 Å². The first-order valence-corrected chi connectivity index (χ1v) is 5.16. The second kappa shape index (κ2) is 4.43. The van der Waals surface area contributed by atoms with Gasteiger partial charge in [-0.15, -0.1) is 0 Å². The molecular weight excluding hydrogens is 217 g/mol. The molecular formula is C11H13F3N2. The van der Waals surface area contributed by atoms with Crippen molar-refractivity contribution in [1.82, 2.24) is 10.6 Å². The molecule has 2 N–H and O–H groups in total. The summed E-state index contributed by atoms with van der Waals surface area (Å²) in [4.78, 5) is 0. The van der Waals surface area contributed by atoms with Gasteiger partial charge in [0, 0.05) is 25.7 Å². The lowest BCUT2D eigenvalue weighted by atomic mass is 10.1. The van der Waals surface area contributed by atoms with Crippen LogP contribution < -0.4 is 10.6 Å². The number of hydrogen-bond donors (Lipinski definition) is 2. The fourth-order valence-electron chi connectivity index (χ4n) is 1.64. The number of nitrogens with one attached hydrogen (secondary N) is 2. The smallest absolute Gasteiger partial charge is 0.314 e. The molecule has 5 heteroatoms. The Morgan fingerprint density at radius 2 is 1.94 bits per heavy atom. The zero-order valence-corrected chi connectivity index (χ0v) is 8.64. The van der Waals surface area contributed by atoms with E-state index < -0.39 is 11.7 Å². The SMILES string of the molecule is FC(F)(F)c1ccccc1CNC1CNC1. The maximum Gasteiger partial charge on any atom is 0.416 e. The third-order valence-electron chi connectivity index (χ3n) is 2.69. The third-order valence-corrected chi connectivity index (χ3v) is 2.69. The van der Waals surface area contributed by atoms with Gasteiger partial charge in [-0.3, -0.25) is 0 Å². The fraction of sp³-hybridized carbons (Fsp3) is 0.455. The summed E-state index contributed by atoms with van der Waals surface area (Å²) in [6.07, 6.45) is -4.27. The van der Waals surface area contributed by atoms with E-state index in [2.05, 4.69) is 10.6 Å². The molecule has 1 fully saturated rings. The Labute approximate surface area is 91.8 Å². The molecule has 1 aliphatic rings. The number of rotatable bonds is 3. The van der Waals surface area contributed by atoms with E-state index >= 15 is 0 Å². The lowest BCUT2D eigenvalue weighted by molar-refractivity contribution is -0.138. The van der Waals surface area contributed by atoms with Gasteiger partial charge in [0.1, 0.15) is 0 Å². The lowest BCUT2D eigenvalue weighted by Crippen LogP contribution is -2.55. The Bertz CT molecular complexity index is 358. The molecule has 88 valence electrons. The summed E-state index contributed by atoms with van der Waals surface area (Å²) in [7, 11) is 0. The Morgan fingerprint density at radius 3 is 2.50 bits per heavy atom. The minimum atomic E-state index is -4.27. The molecule has 0 aromatic heterocycles. The third kappa shape index (κ3) is 2.54. The molecule has 0 aliphatic carbocycles. The topological polar surface area (TPSA) is 24.1 Å². The highest BCUT2D eigenvalue weighted by Gasteiger charge is 2.32. The monoisotopic (exact) mass is 230 g/mol. The molecule has 1 saturated heterocycles. The predicted molar refractivity (Wildman–Crippen MR) is 54.9 cm³/mol. The van der Waals surface area contributed by atoms with E-state index in [9.17, 15) is 13.2 Å². The van der Waals surface area contributed by atoms with Gasteiger partial charge >= 0.3 is 6.18 Å². The average Bonchev–Trinajstić information content (AvgIpc) is 2.14. The van der Waals surface area contributed by atoms with Crippen LogP contribution in [-0.2, 0) is 12.7 Å². The fourth-order valence-corrected chi connectivity index (χ4v) is 1.64. The molecule has 2 nitrogen and oxygen atoms in total. The van der Waals surface area contributed by atoms with Crippen LogP contribution in [0.3, 0.4) is 0 Å². The van der Waals surface area contributed by atoms with E-state index in [0.717, 1.165) is 19.2 Å². The minimum Gasteiger partial charge on any atom is -0.314 e. The van der Waals surface area contributed by atoms with Gasteiger partial charge in [-0.2, -0.15) is 13.2 Å². The Balaban J connectivity index is 2.06. The highest BCUT2D eigenvalue weighted by molar-refractivity contribution is 5.29. The molecule has 1 aliphatic heterocycles. The van der Waals surface area contributed by atoms with Gasteiger partial charge in [-0.05, 0) is 11.6 Å². The van der Waals surface area contributed by atoms with Crippen LogP contribution in [0.25, 0.3) is 0 Å². The molecule has 1 aromatic carbocycles. The van der Waals surface area contributed by atoms with Crippen LogP contribution in [0.4, 0.5) is 13.2 Å². The van der Waals surface area contributed by atoms with Crippen LogP contribution >= 0.6 is 0 Å². The van der Waals surface area contributed by atoms with Crippen LogP contribution in [-0.4, -0.2) is 19.1 Å². The Morgan fingerprint density at radius 1 is 1.25 bits per heavy atom. The van der Waals surface area contributed by atoms with Gasteiger partial charge in [0.2, 0.25) is 0 Å². The molecule has 1 heterocycles. The molecule has 0 atom stereocenters. The van der Waals surface area contributed by atoms with Crippen molar-refractivity contribution < 1.29 is 13.2 Å². The second-order valence-corrected chi connectivity index (χ2v) is 3.89. The summed E-state index contributed by atoms with van der Waals surface area (Å²) in [6, 6.07) is 5.97. The molecule has 2 rings (SSSR count). The van der Waals surface area contributed by atoms with E-state index in [1.165, 1.54) is 12.1 Å². The zero-order valence-electron chi connectivity index (χ0n) is 8.64. The van der Waals surface area contributed by atoms with Crippen molar-refractivity contribution in [3.05, 3.63) is 35.4 Å². The molecule has 0 unspecified atom stereocenters. The first-order valence-electron chi connectivity index (χ1n) is 5.16. The van der Waals surface area contributed by atoms with Crippen LogP contribution in [0.5, 0.6) is 0 Å². The van der Waals surface area contributed by atoms with Crippen molar-refractivity contribution >= 4 is 0 Å². The number of hydrogen-bond acceptors (Lipinski definition) is 2. The average molecular weight is 230 g/mol. The van der Waals surface area contributed by atoms with Crippen molar-refractivity contribution in [2.24, 2.45) is 0 Å². The summed E-state index contributed by atoms with van der Waals surface area (Å²) >= 11 is 0. The summed E-state index contributed by atoms with van der Waals surface area (Å²) in [5.41, 5.74) is -0.239. The normalized spacial score (nSPS) is 17.2. The molecule has 0 spiro atoms. The van der Waals surface area contributed by atoms with Gasteiger partial charge in [0.15, 0.2) is 0 Å². The number of alkyl halides is 3. The van der Waals surface area contributed by atoms with Gasteiger partial charge < -0.3 is 10.6 Å². The second-order valence-electron chi connectivity index (χ2n) is 3.89. The maximum absolute atomic E-state index is 12.6. The first-order chi connectivity index (χ1) is 7.57. The molecule has 0 radical (unpaired) electrons. The van der Waals surface area contributed by atoms with Crippen molar-refractivity contribution in [3.8, 4) is 0 Å². The van der Waals surface area contributed by atoms with Crippen LogP contribution in [0, 0.1) is 0 Å². The maximum atomic E-state index is 12.6. The van der Waals surface area contributed by atoms with Crippen LogP contribution in [0.2, 0.25) is 0 Å². The van der Waals surface area contributed by atoms with E-state index in [4.69, 9.17) is 0 Å². The molecule has 1 aromatic rings. The standard InChI is InChI=1S/C11H13F3N2/c12-11(13,14)10-4-2-1-3-8(10)5-16-9-6-15-7-9/h1-4,9,15-16H,5-7H2. The van der Waals surface area contributed by atoms with Crippen molar-refractivity contribution in [1.29, 1.82) is 0 Å². The number of benzene rings is 1. The minimum absolute atomic E-state index is 0.266. The van der Waals surface area contributed by atoms with E-state index in [1.807, 2.05) is 0 Å². The summed E-state index contributed by atoms with van der Waals surface area (Å²) in [5, 5.41) is 6.14. The van der Waals surface area contributed by atoms with E-state index in [1.54, 1.807) is 6.07 Å². The predicted octanol–water partition coefficient (Wildman–Crippen LogP) is 1.77. The summed E-state index contributed by atoms with van der Waals surface area (Å²) in [6.45, 7) is 1.92. The molecule has 0 amide bonds. The highest BCUT2D eigenvalue weighted by atomic mass is 19.4. The molecule has 16 heavy (non-hydrogen) atoms. The van der Waals surface area contributed by atoms with Crippen LogP contribution in [0.15, 0.2) is 24.3 Å². The van der Waals surface area contributed by atoms with Crippen LogP contribution in [0.1, 0.15) is 11.1 Å². The summed E-state index contributed by atoms with van der Waals surface area (Å²) in [5.74, 6) is 0. The van der Waals surface area contributed by atoms with Gasteiger partial charge in [-0.25, -0.2) is 0 Å². The van der Waals surface area contributed by atoms with E-state index in [0.29, 0.717) is 11.6 Å². The quantitative estimate of drug-likeness (QED) is 0.827. The Hall–Kier alpha value is -1.07. The van der Waals surface area contributed by atoms with Gasteiger partial charge in [-0.1, -0.05) is 18.2 Å². The van der Waals surface area contributed by atoms with Crippen molar-refractivity contribution in [2.75, 3.05) is 13.1 Å². The highest BCUT2D eigenvalue weighted by Crippen LogP contribution is 2.31. The van der Waals surface area contributed by atoms with Crippen molar-refractivity contribution in [3.63, 3.8) is 0 Å². The first kappa shape index (κ1) is 11.4. The Kier molecular flexibility index (Phi) is 3.16. The zero-order chi connectivity index (χ0) is 11.6. The molecule has 0 bridgehead atoms. The van der Waals surface area contributed by atoms with Gasteiger partial charge in [0.05, 0.1) is 5.56 Å². The lowest BCUT2D eigenvalue weighted by Gasteiger charge is -2.28. The summed E-state index contributed by atoms with van der Waals surface area (Å²) < 4.78 is 37.9. The van der Waals surface area contributed by atoms with Gasteiger partial charge in [0.25, 0.3) is 0 Å².